The van der Waals surface area contributed by atoms with Gasteiger partial charge in [-0.3, -0.25) is 4.79 Å². The molecule has 1 N–H and O–H groups in total. The number of amides is 1. The number of rotatable bonds is 6. The molecule has 3 aromatic rings. The average molecular weight is 341 g/mol. The van der Waals surface area contributed by atoms with Gasteiger partial charge in [0.15, 0.2) is 0 Å². The van der Waals surface area contributed by atoms with Crippen LogP contribution in [-0.4, -0.2) is 23.2 Å². The van der Waals surface area contributed by atoms with E-state index in [0.717, 1.165) is 0 Å². The van der Waals surface area contributed by atoms with Gasteiger partial charge in [0.05, 0.1) is 12.7 Å². The van der Waals surface area contributed by atoms with Gasteiger partial charge < -0.3 is 14.5 Å². The van der Waals surface area contributed by atoms with Crippen molar-refractivity contribution in [3.8, 4) is 17.2 Å². The van der Waals surface area contributed by atoms with Crippen LogP contribution in [0.3, 0.4) is 0 Å². The zero-order chi connectivity index (χ0) is 17.6. The van der Waals surface area contributed by atoms with Crippen LogP contribution in [0.25, 0.3) is 11.5 Å². The monoisotopic (exact) mass is 341 g/mol. The summed E-state index contributed by atoms with van der Waals surface area (Å²) in [6.45, 7) is 0. The molecule has 0 fully saturated rings. The molecule has 0 aliphatic heterocycles. The van der Waals surface area contributed by atoms with Gasteiger partial charge in [0.25, 0.3) is 5.89 Å². The number of nitrogens with one attached hydrogen (secondary N) is 1. The number of aryl methyl sites for hydroxylation is 1. The Balaban J connectivity index is 1.61. The summed E-state index contributed by atoms with van der Waals surface area (Å²) in [4.78, 5) is 11.9. The number of hydrogen-bond donors (Lipinski definition) is 1. The molecular formula is C18H16FN3O3. The van der Waals surface area contributed by atoms with E-state index < -0.39 is 5.82 Å². The molecule has 0 aliphatic carbocycles. The van der Waals surface area contributed by atoms with Crippen LogP contribution in [0.5, 0.6) is 5.75 Å². The number of carbonyl (C=O) groups is 1. The molecule has 7 heteroatoms. The van der Waals surface area contributed by atoms with Crippen molar-refractivity contribution >= 4 is 11.6 Å². The van der Waals surface area contributed by atoms with Crippen molar-refractivity contribution in [1.29, 1.82) is 0 Å². The van der Waals surface area contributed by atoms with Crippen LogP contribution in [0, 0.1) is 5.82 Å². The first-order chi connectivity index (χ1) is 12.2. The maximum absolute atomic E-state index is 13.1. The van der Waals surface area contributed by atoms with E-state index in [9.17, 15) is 9.18 Å². The summed E-state index contributed by atoms with van der Waals surface area (Å²) in [5, 5.41) is 10.6. The topological polar surface area (TPSA) is 77.2 Å². The molecule has 6 nitrogen and oxygen atoms in total. The van der Waals surface area contributed by atoms with E-state index >= 15 is 0 Å². The van der Waals surface area contributed by atoms with Gasteiger partial charge in [-0.05, 0) is 30.3 Å². The molecule has 0 unspecified atom stereocenters. The lowest BCUT2D eigenvalue weighted by atomic mass is 10.2. The van der Waals surface area contributed by atoms with E-state index in [1.54, 1.807) is 19.2 Å². The highest BCUT2D eigenvalue weighted by molar-refractivity contribution is 5.90. The normalized spacial score (nSPS) is 10.5. The summed E-state index contributed by atoms with van der Waals surface area (Å²) in [7, 11) is 1.56. The minimum Gasteiger partial charge on any atom is -0.496 e. The van der Waals surface area contributed by atoms with Crippen LogP contribution in [0.2, 0.25) is 0 Å². The maximum Gasteiger partial charge on any atom is 0.251 e. The number of para-hydroxylation sites is 1. The number of anilines is 1. The van der Waals surface area contributed by atoms with Gasteiger partial charge in [-0.1, -0.05) is 18.2 Å². The van der Waals surface area contributed by atoms with Gasteiger partial charge in [0.2, 0.25) is 11.8 Å². The molecule has 3 rings (SSSR count). The Hall–Kier alpha value is -3.22. The summed E-state index contributed by atoms with van der Waals surface area (Å²) in [6, 6.07) is 13.0. The number of benzene rings is 2. The highest BCUT2D eigenvalue weighted by Gasteiger charge is 2.14. The molecule has 0 bridgehead atoms. The molecule has 0 saturated heterocycles. The summed E-state index contributed by atoms with van der Waals surface area (Å²) >= 11 is 0. The number of nitrogens with zero attached hydrogens (tertiary/aromatic N) is 2. The molecule has 1 heterocycles. The fourth-order valence-corrected chi connectivity index (χ4v) is 2.29. The van der Waals surface area contributed by atoms with Crippen molar-refractivity contribution in [2.45, 2.75) is 12.8 Å². The molecule has 0 spiro atoms. The van der Waals surface area contributed by atoms with E-state index in [1.807, 2.05) is 18.2 Å². The maximum atomic E-state index is 13.1. The van der Waals surface area contributed by atoms with Crippen molar-refractivity contribution in [2.75, 3.05) is 12.4 Å². The Labute approximate surface area is 143 Å². The minimum atomic E-state index is -0.406. The lowest BCUT2D eigenvalue weighted by Crippen LogP contribution is -2.12. The number of methoxy groups -OCH3 is 1. The molecule has 128 valence electrons. The predicted molar refractivity (Wildman–Crippen MR) is 89.6 cm³/mol. The fraction of sp³-hybridized carbons (Fsp3) is 0.167. The minimum absolute atomic E-state index is 0.143. The van der Waals surface area contributed by atoms with E-state index in [1.165, 1.54) is 18.2 Å². The summed E-state index contributed by atoms with van der Waals surface area (Å²) in [6.07, 6.45) is 0.424. The highest BCUT2D eigenvalue weighted by Crippen LogP contribution is 2.28. The van der Waals surface area contributed by atoms with Crippen LogP contribution in [0.15, 0.2) is 52.9 Å². The van der Waals surface area contributed by atoms with Crippen molar-refractivity contribution in [1.82, 2.24) is 10.2 Å². The second-order valence-corrected chi connectivity index (χ2v) is 5.26. The van der Waals surface area contributed by atoms with E-state index in [-0.39, 0.29) is 18.7 Å². The summed E-state index contributed by atoms with van der Waals surface area (Å²) in [5.41, 5.74) is 1.10. The van der Waals surface area contributed by atoms with E-state index in [0.29, 0.717) is 28.8 Å². The molecule has 1 aromatic heterocycles. The molecule has 0 saturated carbocycles. The SMILES string of the molecule is COc1ccccc1-c1nnc(CCC(=O)Nc2cccc(F)c2)o1. The molecule has 0 atom stereocenters. The molecule has 0 radical (unpaired) electrons. The first-order valence-corrected chi connectivity index (χ1v) is 7.67. The summed E-state index contributed by atoms with van der Waals surface area (Å²) < 4.78 is 23.9. The van der Waals surface area contributed by atoms with Crippen molar-refractivity contribution < 1.29 is 18.3 Å². The molecular weight excluding hydrogens is 325 g/mol. The molecule has 1 amide bonds. The zero-order valence-electron chi connectivity index (χ0n) is 13.5. The largest absolute Gasteiger partial charge is 0.496 e. The van der Waals surface area contributed by atoms with E-state index in [4.69, 9.17) is 9.15 Å². The fourth-order valence-electron chi connectivity index (χ4n) is 2.29. The first-order valence-electron chi connectivity index (χ1n) is 7.67. The number of ether oxygens (including phenoxy) is 1. The second-order valence-electron chi connectivity index (χ2n) is 5.26. The van der Waals surface area contributed by atoms with Crippen molar-refractivity contribution in [3.05, 3.63) is 60.2 Å². The Morgan fingerprint density at radius 3 is 2.84 bits per heavy atom. The highest BCUT2D eigenvalue weighted by atomic mass is 19.1. The molecule has 2 aromatic carbocycles. The number of aromatic nitrogens is 2. The number of hydrogen-bond acceptors (Lipinski definition) is 5. The Morgan fingerprint density at radius 1 is 1.20 bits per heavy atom. The first kappa shape index (κ1) is 16.6. The predicted octanol–water partition coefficient (Wildman–Crippen LogP) is 3.46. The van der Waals surface area contributed by atoms with Gasteiger partial charge in [0, 0.05) is 18.5 Å². The Bertz CT molecular complexity index is 879. The van der Waals surface area contributed by atoms with Gasteiger partial charge in [-0.25, -0.2) is 4.39 Å². The molecule has 25 heavy (non-hydrogen) atoms. The Morgan fingerprint density at radius 2 is 2.04 bits per heavy atom. The van der Waals surface area contributed by atoms with Crippen LogP contribution in [0.4, 0.5) is 10.1 Å². The standard InChI is InChI=1S/C18H16FN3O3/c1-24-15-8-3-2-7-14(15)18-22-21-17(25-18)10-9-16(23)20-13-6-4-5-12(19)11-13/h2-8,11H,9-10H2,1H3,(H,20,23). The van der Waals surface area contributed by atoms with Crippen LogP contribution in [0.1, 0.15) is 12.3 Å². The van der Waals surface area contributed by atoms with Gasteiger partial charge in [-0.2, -0.15) is 0 Å². The van der Waals surface area contributed by atoms with Gasteiger partial charge >= 0.3 is 0 Å². The van der Waals surface area contributed by atoms with Crippen molar-refractivity contribution in [3.63, 3.8) is 0 Å². The quantitative estimate of drug-likeness (QED) is 0.743. The lowest BCUT2D eigenvalue weighted by Gasteiger charge is -2.04. The van der Waals surface area contributed by atoms with Crippen LogP contribution < -0.4 is 10.1 Å². The number of halogens is 1. The lowest BCUT2D eigenvalue weighted by molar-refractivity contribution is -0.116. The summed E-state index contributed by atoms with van der Waals surface area (Å²) in [5.74, 6) is 0.633. The zero-order valence-corrected chi connectivity index (χ0v) is 13.5. The Kier molecular flexibility index (Phi) is 5.03. The number of carbonyl (C=O) groups excluding carboxylic acids is 1. The van der Waals surface area contributed by atoms with Crippen molar-refractivity contribution in [2.24, 2.45) is 0 Å². The average Bonchev–Trinajstić information content (AvgIpc) is 3.09. The third kappa shape index (κ3) is 4.20. The van der Waals surface area contributed by atoms with Gasteiger partial charge in [0.1, 0.15) is 11.6 Å². The third-order valence-corrected chi connectivity index (χ3v) is 3.48. The van der Waals surface area contributed by atoms with Crippen LogP contribution in [-0.2, 0) is 11.2 Å². The van der Waals surface area contributed by atoms with Crippen LogP contribution >= 0.6 is 0 Å². The van der Waals surface area contributed by atoms with Gasteiger partial charge in [-0.15, -0.1) is 10.2 Å². The second kappa shape index (κ2) is 7.57. The van der Waals surface area contributed by atoms with E-state index in [2.05, 4.69) is 15.5 Å². The molecule has 0 aliphatic rings. The smallest absolute Gasteiger partial charge is 0.251 e. The third-order valence-electron chi connectivity index (χ3n) is 3.48.